The van der Waals surface area contributed by atoms with Crippen LogP contribution >= 0.6 is 12.2 Å². The fourth-order valence-electron chi connectivity index (χ4n) is 2.35. The molecule has 0 bridgehead atoms. The second kappa shape index (κ2) is 8.05. The van der Waals surface area contributed by atoms with Gasteiger partial charge in [0.1, 0.15) is 5.75 Å². The zero-order valence-corrected chi connectivity index (χ0v) is 13.5. The first-order chi connectivity index (χ1) is 10.2. The minimum absolute atomic E-state index is 0.671. The number of ether oxygens (including phenoxy) is 2. The molecule has 0 aliphatic carbocycles. The van der Waals surface area contributed by atoms with Gasteiger partial charge in [0.2, 0.25) is 0 Å². The quantitative estimate of drug-likeness (QED) is 0.653. The number of hydrogen-bond donors (Lipinski definition) is 1. The van der Waals surface area contributed by atoms with Crippen molar-refractivity contribution < 1.29 is 9.47 Å². The van der Waals surface area contributed by atoms with E-state index >= 15 is 0 Å². The van der Waals surface area contributed by atoms with E-state index < -0.39 is 0 Å². The van der Waals surface area contributed by atoms with Gasteiger partial charge >= 0.3 is 0 Å². The first-order valence-corrected chi connectivity index (χ1v) is 7.56. The number of piperazine rings is 1. The molecule has 1 aromatic rings. The molecule has 0 spiro atoms. The van der Waals surface area contributed by atoms with Crippen LogP contribution < -0.4 is 15.0 Å². The highest BCUT2D eigenvalue weighted by atomic mass is 32.1. The van der Waals surface area contributed by atoms with Crippen molar-refractivity contribution in [3.05, 3.63) is 24.3 Å². The molecule has 21 heavy (non-hydrogen) atoms. The Bertz CT molecular complexity index is 462. The van der Waals surface area contributed by atoms with Crippen LogP contribution in [-0.2, 0) is 4.74 Å². The maximum atomic E-state index is 5.40. The van der Waals surface area contributed by atoms with Gasteiger partial charge in [0.05, 0.1) is 13.7 Å². The molecule has 1 heterocycles. The summed E-state index contributed by atoms with van der Waals surface area (Å²) in [4.78, 5) is 4.57. The summed E-state index contributed by atoms with van der Waals surface area (Å²) in [7, 11) is 3.39. The SMILES string of the molecule is COCCNC(=S)N1CCN(c2cccc(OC)c2)CC1. The van der Waals surface area contributed by atoms with E-state index in [1.807, 2.05) is 12.1 Å². The Morgan fingerprint density at radius 3 is 2.67 bits per heavy atom. The van der Waals surface area contributed by atoms with Gasteiger partial charge in [-0.1, -0.05) is 6.07 Å². The van der Waals surface area contributed by atoms with Crippen molar-refractivity contribution in [3.63, 3.8) is 0 Å². The summed E-state index contributed by atoms with van der Waals surface area (Å²) in [6.45, 7) is 5.19. The highest BCUT2D eigenvalue weighted by molar-refractivity contribution is 7.80. The van der Waals surface area contributed by atoms with Gasteiger partial charge in [-0.2, -0.15) is 0 Å². The third kappa shape index (κ3) is 4.47. The summed E-state index contributed by atoms with van der Waals surface area (Å²) in [5.74, 6) is 0.895. The Hall–Kier alpha value is -1.53. The standard InChI is InChI=1S/C15H23N3O2S/c1-19-11-6-16-15(21)18-9-7-17(8-10-18)13-4-3-5-14(12-13)20-2/h3-5,12H,6-11H2,1-2H3,(H,16,21). The lowest BCUT2D eigenvalue weighted by Gasteiger charge is -2.37. The van der Waals surface area contributed by atoms with Gasteiger partial charge < -0.3 is 24.6 Å². The summed E-state index contributed by atoms with van der Waals surface area (Å²) < 4.78 is 10.3. The summed E-state index contributed by atoms with van der Waals surface area (Å²) >= 11 is 5.40. The highest BCUT2D eigenvalue weighted by Crippen LogP contribution is 2.22. The Balaban J connectivity index is 1.83. The lowest BCUT2D eigenvalue weighted by Crippen LogP contribution is -2.52. The third-order valence-corrected chi connectivity index (χ3v) is 3.97. The maximum Gasteiger partial charge on any atom is 0.169 e. The van der Waals surface area contributed by atoms with Crippen molar-refractivity contribution in [1.29, 1.82) is 0 Å². The summed E-state index contributed by atoms with van der Waals surface area (Å²) in [5.41, 5.74) is 1.20. The minimum atomic E-state index is 0.671. The number of rotatable bonds is 5. The van der Waals surface area contributed by atoms with Crippen LogP contribution in [0.4, 0.5) is 5.69 Å². The first kappa shape index (κ1) is 15.9. The van der Waals surface area contributed by atoms with Gasteiger partial charge in [0.15, 0.2) is 5.11 Å². The molecular weight excluding hydrogens is 286 g/mol. The molecule has 5 nitrogen and oxygen atoms in total. The van der Waals surface area contributed by atoms with Gasteiger partial charge in [-0.3, -0.25) is 0 Å². The molecule has 1 aromatic carbocycles. The van der Waals surface area contributed by atoms with E-state index in [1.54, 1.807) is 14.2 Å². The summed E-state index contributed by atoms with van der Waals surface area (Å²) in [6.07, 6.45) is 0. The monoisotopic (exact) mass is 309 g/mol. The molecule has 1 aliphatic heterocycles. The van der Waals surface area contributed by atoms with Crippen LogP contribution in [-0.4, -0.2) is 63.6 Å². The van der Waals surface area contributed by atoms with Crippen LogP contribution in [0.25, 0.3) is 0 Å². The molecule has 0 atom stereocenters. The number of thiocarbonyl (C=S) groups is 1. The average Bonchev–Trinajstić information content (AvgIpc) is 2.55. The maximum absolute atomic E-state index is 5.40. The van der Waals surface area contributed by atoms with Crippen molar-refractivity contribution >= 4 is 23.0 Å². The van der Waals surface area contributed by atoms with Gasteiger partial charge in [-0.25, -0.2) is 0 Å². The number of nitrogens with zero attached hydrogens (tertiary/aromatic N) is 2. The lowest BCUT2D eigenvalue weighted by atomic mass is 10.2. The number of methoxy groups -OCH3 is 2. The van der Waals surface area contributed by atoms with Crippen molar-refractivity contribution in [1.82, 2.24) is 10.2 Å². The van der Waals surface area contributed by atoms with Crippen LogP contribution in [0.5, 0.6) is 5.75 Å². The average molecular weight is 309 g/mol. The van der Waals surface area contributed by atoms with Crippen LogP contribution in [0, 0.1) is 0 Å². The smallest absolute Gasteiger partial charge is 0.169 e. The summed E-state index contributed by atoms with van der Waals surface area (Å²) in [6, 6.07) is 8.18. The molecule has 0 saturated carbocycles. The molecule has 0 unspecified atom stereocenters. The predicted molar refractivity (Wildman–Crippen MR) is 89.3 cm³/mol. The molecule has 0 amide bonds. The molecule has 1 saturated heterocycles. The zero-order valence-electron chi connectivity index (χ0n) is 12.7. The lowest BCUT2D eigenvalue weighted by molar-refractivity contribution is 0.202. The van der Waals surface area contributed by atoms with Crippen LogP contribution in [0.3, 0.4) is 0 Å². The van der Waals surface area contributed by atoms with Gasteiger partial charge in [-0.15, -0.1) is 0 Å². The fraction of sp³-hybridized carbons (Fsp3) is 0.533. The third-order valence-electron chi connectivity index (χ3n) is 3.57. The molecule has 116 valence electrons. The van der Waals surface area contributed by atoms with Crippen LogP contribution in [0.15, 0.2) is 24.3 Å². The largest absolute Gasteiger partial charge is 0.497 e. The number of benzene rings is 1. The Labute approximate surface area is 131 Å². The molecule has 0 radical (unpaired) electrons. The van der Waals surface area contributed by atoms with Gasteiger partial charge in [0.25, 0.3) is 0 Å². The van der Waals surface area contributed by atoms with Crippen molar-refractivity contribution in [2.75, 3.05) is 58.5 Å². The van der Waals surface area contributed by atoms with Gasteiger partial charge in [-0.05, 0) is 24.4 Å². The van der Waals surface area contributed by atoms with Crippen molar-refractivity contribution in [2.45, 2.75) is 0 Å². The highest BCUT2D eigenvalue weighted by Gasteiger charge is 2.19. The molecule has 6 heteroatoms. The Kier molecular flexibility index (Phi) is 6.07. The molecule has 1 fully saturated rings. The van der Waals surface area contributed by atoms with Crippen LogP contribution in [0.1, 0.15) is 0 Å². The molecule has 1 N–H and O–H groups in total. The number of hydrogen-bond acceptors (Lipinski definition) is 4. The molecular formula is C15H23N3O2S. The molecule has 0 aromatic heterocycles. The normalized spacial score (nSPS) is 15.0. The van der Waals surface area contributed by atoms with Crippen LogP contribution in [0.2, 0.25) is 0 Å². The Morgan fingerprint density at radius 1 is 1.24 bits per heavy atom. The topological polar surface area (TPSA) is 37.0 Å². The van der Waals surface area contributed by atoms with Gasteiger partial charge in [0, 0.05) is 51.6 Å². The molecule has 1 aliphatic rings. The van der Waals surface area contributed by atoms with E-state index in [4.69, 9.17) is 21.7 Å². The first-order valence-electron chi connectivity index (χ1n) is 7.15. The van der Waals surface area contributed by atoms with E-state index in [1.165, 1.54) is 5.69 Å². The number of nitrogens with one attached hydrogen (secondary N) is 1. The Morgan fingerprint density at radius 2 is 2.00 bits per heavy atom. The molecule has 2 rings (SSSR count). The summed E-state index contributed by atoms with van der Waals surface area (Å²) in [5, 5.41) is 4.04. The van der Waals surface area contributed by atoms with E-state index in [0.29, 0.717) is 6.61 Å². The van der Waals surface area contributed by atoms with E-state index in [2.05, 4.69) is 27.2 Å². The second-order valence-corrected chi connectivity index (χ2v) is 5.29. The second-order valence-electron chi connectivity index (χ2n) is 4.90. The van der Waals surface area contributed by atoms with E-state index in [9.17, 15) is 0 Å². The fourth-order valence-corrected chi connectivity index (χ4v) is 2.63. The van der Waals surface area contributed by atoms with E-state index in [0.717, 1.165) is 43.6 Å². The minimum Gasteiger partial charge on any atom is -0.497 e. The zero-order chi connectivity index (χ0) is 15.1. The van der Waals surface area contributed by atoms with Crippen molar-refractivity contribution in [3.8, 4) is 5.75 Å². The predicted octanol–water partition coefficient (Wildman–Crippen LogP) is 1.34. The van der Waals surface area contributed by atoms with Crippen molar-refractivity contribution in [2.24, 2.45) is 0 Å². The van der Waals surface area contributed by atoms with E-state index in [-0.39, 0.29) is 0 Å². The number of anilines is 1.